The van der Waals surface area contributed by atoms with Crippen molar-refractivity contribution in [3.05, 3.63) is 52.5 Å². The first kappa shape index (κ1) is 15.4. The second-order valence-corrected chi connectivity index (χ2v) is 5.82. The summed E-state index contributed by atoms with van der Waals surface area (Å²) in [6, 6.07) is 9.70. The van der Waals surface area contributed by atoms with Crippen molar-refractivity contribution in [2.75, 3.05) is 16.8 Å². The normalized spacial score (nSPS) is 12.9. The van der Waals surface area contributed by atoms with Crippen molar-refractivity contribution < 1.29 is 14.7 Å². The summed E-state index contributed by atoms with van der Waals surface area (Å²) in [5.41, 5.74) is 2.61. The van der Waals surface area contributed by atoms with E-state index in [9.17, 15) is 14.7 Å². The van der Waals surface area contributed by atoms with Gasteiger partial charge in [0.05, 0.1) is 5.56 Å². The number of halogens is 1. The van der Waals surface area contributed by atoms with E-state index < -0.39 is 5.91 Å². The van der Waals surface area contributed by atoms with E-state index in [1.54, 1.807) is 11.0 Å². The van der Waals surface area contributed by atoms with Gasteiger partial charge in [-0.25, -0.2) is 0 Å². The molecule has 5 nitrogen and oxygen atoms in total. The van der Waals surface area contributed by atoms with Crippen LogP contribution in [-0.4, -0.2) is 23.5 Å². The molecule has 2 amide bonds. The molecular formula is C17H15ClN2O3. The molecule has 2 N–H and O–H groups in total. The molecule has 0 saturated heterocycles. The number of phenols is 1. The molecule has 23 heavy (non-hydrogen) atoms. The van der Waals surface area contributed by atoms with Crippen LogP contribution < -0.4 is 10.2 Å². The molecule has 0 bridgehead atoms. The van der Waals surface area contributed by atoms with Gasteiger partial charge >= 0.3 is 0 Å². The molecule has 0 unspecified atom stereocenters. The van der Waals surface area contributed by atoms with Gasteiger partial charge in [-0.1, -0.05) is 11.6 Å². The molecule has 3 rings (SSSR count). The van der Waals surface area contributed by atoms with Crippen molar-refractivity contribution >= 4 is 34.8 Å². The Labute approximate surface area is 138 Å². The standard InChI is InChI=1S/C17H15ClN2O3/c1-10(21)20-7-6-11-8-13(3-4-15(11)20)19-17(23)14-9-12(18)2-5-16(14)22/h2-5,8-9,22H,6-7H2,1H3,(H,19,23). The van der Waals surface area contributed by atoms with E-state index in [2.05, 4.69) is 5.32 Å². The largest absolute Gasteiger partial charge is 0.507 e. The number of nitrogens with one attached hydrogen (secondary N) is 1. The second-order valence-electron chi connectivity index (χ2n) is 5.38. The van der Waals surface area contributed by atoms with Crippen LogP contribution >= 0.6 is 11.6 Å². The van der Waals surface area contributed by atoms with E-state index in [0.29, 0.717) is 17.3 Å². The minimum absolute atomic E-state index is 0.00406. The number of carbonyl (C=O) groups excluding carboxylic acids is 2. The Balaban J connectivity index is 1.83. The molecule has 0 atom stereocenters. The third kappa shape index (κ3) is 3.00. The molecule has 2 aromatic rings. The van der Waals surface area contributed by atoms with Crippen LogP contribution in [0.1, 0.15) is 22.8 Å². The Morgan fingerprint density at radius 1 is 1.22 bits per heavy atom. The zero-order chi connectivity index (χ0) is 16.6. The highest BCUT2D eigenvalue weighted by atomic mass is 35.5. The lowest BCUT2D eigenvalue weighted by molar-refractivity contribution is -0.116. The van der Waals surface area contributed by atoms with Gasteiger partial charge in [-0.3, -0.25) is 9.59 Å². The quantitative estimate of drug-likeness (QED) is 0.888. The first-order chi connectivity index (χ1) is 11.0. The lowest BCUT2D eigenvalue weighted by Crippen LogP contribution is -2.25. The average Bonchev–Trinajstić information content (AvgIpc) is 2.93. The van der Waals surface area contributed by atoms with E-state index in [1.807, 2.05) is 12.1 Å². The number of nitrogens with zero attached hydrogens (tertiary/aromatic N) is 1. The van der Waals surface area contributed by atoms with Crippen LogP contribution in [0.25, 0.3) is 0 Å². The van der Waals surface area contributed by atoms with Gasteiger partial charge < -0.3 is 15.3 Å². The summed E-state index contributed by atoms with van der Waals surface area (Å²) < 4.78 is 0. The molecule has 0 aromatic heterocycles. The van der Waals surface area contributed by atoms with Crippen molar-refractivity contribution in [3.8, 4) is 5.75 Å². The third-order valence-electron chi connectivity index (χ3n) is 3.82. The number of rotatable bonds is 2. The summed E-state index contributed by atoms with van der Waals surface area (Å²) in [6.07, 6.45) is 0.751. The van der Waals surface area contributed by atoms with Crippen LogP contribution in [0.4, 0.5) is 11.4 Å². The zero-order valence-electron chi connectivity index (χ0n) is 12.5. The number of benzene rings is 2. The minimum atomic E-state index is -0.439. The fraction of sp³-hybridized carbons (Fsp3) is 0.176. The molecule has 0 aliphatic carbocycles. The lowest BCUT2D eigenvalue weighted by atomic mass is 10.1. The highest BCUT2D eigenvalue weighted by Crippen LogP contribution is 2.31. The van der Waals surface area contributed by atoms with E-state index in [1.165, 1.54) is 25.1 Å². The van der Waals surface area contributed by atoms with Crippen molar-refractivity contribution in [1.82, 2.24) is 0 Å². The number of hydrogen-bond acceptors (Lipinski definition) is 3. The molecule has 0 fully saturated rings. The SMILES string of the molecule is CC(=O)N1CCc2cc(NC(=O)c3cc(Cl)ccc3O)ccc21. The first-order valence-electron chi connectivity index (χ1n) is 7.16. The Morgan fingerprint density at radius 3 is 2.74 bits per heavy atom. The fourth-order valence-corrected chi connectivity index (χ4v) is 2.87. The Morgan fingerprint density at radius 2 is 2.00 bits per heavy atom. The van der Waals surface area contributed by atoms with Crippen LogP contribution in [0, 0.1) is 0 Å². The summed E-state index contributed by atoms with van der Waals surface area (Å²) in [6.45, 7) is 2.18. The fourth-order valence-electron chi connectivity index (χ4n) is 2.70. The van der Waals surface area contributed by atoms with Gasteiger partial charge in [0, 0.05) is 29.9 Å². The molecule has 0 radical (unpaired) electrons. The van der Waals surface area contributed by atoms with Crippen molar-refractivity contribution in [2.24, 2.45) is 0 Å². The number of anilines is 2. The van der Waals surface area contributed by atoms with Crippen molar-refractivity contribution in [2.45, 2.75) is 13.3 Å². The highest BCUT2D eigenvalue weighted by Gasteiger charge is 2.22. The molecule has 1 aliphatic heterocycles. The lowest BCUT2D eigenvalue weighted by Gasteiger charge is -2.15. The Hall–Kier alpha value is -2.53. The summed E-state index contributed by atoms with van der Waals surface area (Å²) in [7, 11) is 0. The monoisotopic (exact) mass is 330 g/mol. The van der Waals surface area contributed by atoms with Gasteiger partial charge in [0.1, 0.15) is 5.75 Å². The first-order valence-corrected chi connectivity index (χ1v) is 7.54. The topological polar surface area (TPSA) is 69.6 Å². The maximum absolute atomic E-state index is 12.3. The van der Waals surface area contributed by atoms with E-state index in [4.69, 9.17) is 11.6 Å². The zero-order valence-corrected chi connectivity index (χ0v) is 13.2. The van der Waals surface area contributed by atoms with Crippen LogP contribution in [0.5, 0.6) is 5.75 Å². The second kappa shape index (κ2) is 5.93. The molecule has 1 heterocycles. The third-order valence-corrected chi connectivity index (χ3v) is 4.05. The van der Waals surface area contributed by atoms with Crippen LogP contribution in [0.15, 0.2) is 36.4 Å². The Bertz CT molecular complexity index is 804. The predicted octanol–water partition coefficient (Wildman–Crippen LogP) is 3.21. The van der Waals surface area contributed by atoms with E-state index >= 15 is 0 Å². The van der Waals surface area contributed by atoms with Gasteiger partial charge in [0.25, 0.3) is 5.91 Å². The van der Waals surface area contributed by atoms with Gasteiger partial charge in [0.2, 0.25) is 5.91 Å². The number of amides is 2. The van der Waals surface area contributed by atoms with Gasteiger partial charge in [-0.05, 0) is 48.4 Å². The predicted molar refractivity (Wildman–Crippen MR) is 89.2 cm³/mol. The van der Waals surface area contributed by atoms with Crippen molar-refractivity contribution in [1.29, 1.82) is 0 Å². The minimum Gasteiger partial charge on any atom is -0.507 e. The number of carbonyl (C=O) groups is 2. The summed E-state index contributed by atoms with van der Waals surface area (Å²) in [5.74, 6) is -0.563. The number of fused-ring (bicyclic) bond motifs is 1. The summed E-state index contributed by atoms with van der Waals surface area (Å²) in [5, 5.41) is 12.9. The molecule has 0 spiro atoms. The summed E-state index contributed by atoms with van der Waals surface area (Å²) >= 11 is 5.86. The maximum Gasteiger partial charge on any atom is 0.259 e. The van der Waals surface area contributed by atoms with Gasteiger partial charge in [-0.2, -0.15) is 0 Å². The van der Waals surface area contributed by atoms with Crippen molar-refractivity contribution in [3.63, 3.8) is 0 Å². The number of hydrogen-bond donors (Lipinski definition) is 2. The molecule has 6 heteroatoms. The summed E-state index contributed by atoms with van der Waals surface area (Å²) in [4.78, 5) is 25.5. The Kier molecular flexibility index (Phi) is 3.96. The maximum atomic E-state index is 12.3. The smallest absolute Gasteiger partial charge is 0.259 e. The van der Waals surface area contributed by atoms with E-state index in [0.717, 1.165) is 17.7 Å². The molecule has 118 valence electrons. The van der Waals surface area contributed by atoms with Crippen LogP contribution in [0.2, 0.25) is 5.02 Å². The molecular weight excluding hydrogens is 316 g/mol. The van der Waals surface area contributed by atoms with Gasteiger partial charge in [0.15, 0.2) is 0 Å². The van der Waals surface area contributed by atoms with Crippen LogP contribution in [0.3, 0.4) is 0 Å². The average molecular weight is 331 g/mol. The number of aromatic hydroxyl groups is 1. The number of phenolic OH excluding ortho intramolecular Hbond substituents is 1. The van der Waals surface area contributed by atoms with Crippen LogP contribution in [-0.2, 0) is 11.2 Å². The highest BCUT2D eigenvalue weighted by molar-refractivity contribution is 6.31. The van der Waals surface area contributed by atoms with Gasteiger partial charge in [-0.15, -0.1) is 0 Å². The molecule has 0 saturated carbocycles. The van der Waals surface area contributed by atoms with E-state index in [-0.39, 0.29) is 17.2 Å². The molecule has 2 aromatic carbocycles. The molecule has 1 aliphatic rings.